The molecule has 31 heavy (non-hydrogen) atoms. The lowest BCUT2D eigenvalue weighted by Gasteiger charge is -2.21. The van der Waals surface area contributed by atoms with Crippen molar-refractivity contribution >= 4 is 42.6 Å². The van der Waals surface area contributed by atoms with Crippen molar-refractivity contribution in [1.29, 1.82) is 0 Å². The molecule has 2 rings (SSSR count). The second-order valence-corrected chi connectivity index (χ2v) is 11.0. The number of hydrogen-bond acceptors (Lipinski definition) is 5. The number of thiazole rings is 1. The molecule has 0 fully saturated rings. The number of benzene rings is 1. The number of nitrogens with zero attached hydrogens (tertiary/aromatic N) is 2. The highest BCUT2D eigenvalue weighted by molar-refractivity contribution is 7.89. The Morgan fingerprint density at radius 3 is 2.19 bits per heavy atom. The quantitative estimate of drug-likeness (QED) is 0.367. The summed E-state index contributed by atoms with van der Waals surface area (Å²) in [6.45, 7) is 9.37. The number of anilines is 1. The number of carbonyl (C=O) groups excluding carboxylic acids is 1. The lowest BCUT2D eigenvalue weighted by atomic mass is 9.97. The summed E-state index contributed by atoms with van der Waals surface area (Å²) in [6.07, 6.45) is 7.24. The zero-order valence-corrected chi connectivity index (χ0v) is 20.9. The van der Waals surface area contributed by atoms with Crippen molar-refractivity contribution < 1.29 is 13.2 Å². The number of nitrogens with one attached hydrogen (secondary N) is 1. The predicted octanol–water partition coefficient (Wildman–Crippen LogP) is 6.04. The van der Waals surface area contributed by atoms with Crippen LogP contribution in [0.5, 0.6) is 0 Å². The molecular weight excluding hydrogens is 430 g/mol. The van der Waals surface area contributed by atoms with Crippen LogP contribution in [-0.4, -0.2) is 36.7 Å². The fraction of sp³-hybridized carbons (Fsp3) is 0.652. The number of carbonyl (C=O) groups is 1. The largest absolute Gasteiger partial charge is 0.302 e. The van der Waals surface area contributed by atoms with E-state index in [0.717, 1.165) is 56.1 Å². The average Bonchev–Trinajstić information content (AvgIpc) is 3.14. The van der Waals surface area contributed by atoms with Gasteiger partial charge in [0.1, 0.15) is 0 Å². The van der Waals surface area contributed by atoms with Crippen LogP contribution in [0.2, 0.25) is 0 Å². The molecular formula is C23H37N3O3S2. The molecule has 0 atom stereocenters. The first-order chi connectivity index (χ1) is 14.9. The Balaban J connectivity index is 2.25. The van der Waals surface area contributed by atoms with Crippen LogP contribution < -0.4 is 5.32 Å². The van der Waals surface area contributed by atoms with Gasteiger partial charge in [-0.25, -0.2) is 13.4 Å². The molecule has 0 radical (unpaired) electrons. The summed E-state index contributed by atoms with van der Waals surface area (Å²) < 4.78 is 28.9. The van der Waals surface area contributed by atoms with Gasteiger partial charge in [-0.1, -0.05) is 64.7 Å². The molecule has 1 amide bonds. The minimum atomic E-state index is -3.55. The van der Waals surface area contributed by atoms with Crippen LogP contribution in [0.3, 0.4) is 0 Å². The molecule has 0 unspecified atom stereocenters. The minimum absolute atomic E-state index is 0.000840. The number of rotatable bonds is 14. The van der Waals surface area contributed by atoms with Crippen molar-refractivity contribution in [3.05, 3.63) is 18.2 Å². The van der Waals surface area contributed by atoms with E-state index in [2.05, 4.69) is 38.0 Å². The summed E-state index contributed by atoms with van der Waals surface area (Å²) in [7, 11) is -3.55. The highest BCUT2D eigenvalue weighted by atomic mass is 32.2. The van der Waals surface area contributed by atoms with Gasteiger partial charge < -0.3 is 5.32 Å². The van der Waals surface area contributed by atoms with Crippen molar-refractivity contribution in [2.75, 3.05) is 18.4 Å². The number of fused-ring (bicyclic) bond motifs is 1. The first-order valence-electron chi connectivity index (χ1n) is 11.6. The van der Waals surface area contributed by atoms with Crippen LogP contribution in [-0.2, 0) is 14.8 Å². The van der Waals surface area contributed by atoms with Gasteiger partial charge in [-0.15, -0.1) is 0 Å². The summed E-state index contributed by atoms with van der Waals surface area (Å²) >= 11 is 1.33. The summed E-state index contributed by atoms with van der Waals surface area (Å²) in [5.74, 6) is -0.00968. The average molecular weight is 468 g/mol. The zero-order chi connectivity index (χ0) is 22.9. The maximum atomic E-state index is 13.2. The molecule has 0 saturated heterocycles. The standard InChI is InChI=1S/C23H37N3O3S2/c1-5-9-15-26(16-10-6-2)31(28,29)19-13-14-20-21(17-19)30-23(24-20)25-22(27)18(11-7-3)12-8-4/h13-14,17-18H,5-12,15-16H2,1-4H3,(H,24,25,27). The third kappa shape index (κ3) is 6.99. The first-order valence-corrected chi connectivity index (χ1v) is 13.8. The van der Waals surface area contributed by atoms with Crippen LogP contribution in [0.4, 0.5) is 5.13 Å². The number of aromatic nitrogens is 1. The van der Waals surface area contributed by atoms with E-state index in [1.165, 1.54) is 11.3 Å². The van der Waals surface area contributed by atoms with E-state index in [1.54, 1.807) is 22.5 Å². The van der Waals surface area contributed by atoms with Crippen LogP contribution in [0, 0.1) is 5.92 Å². The molecule has 2 aromatic rings. The number of sulfonamides is 1. The van der Waals surface area contributed by atoms with E-state index < -0.39 is 10.0 Å². The summed E-state index contributed by atoms with van der Waals surface area (Å²) in [4.78, 5) is 17.4. The van der Waals surface area contributed by atoms with Gasteiger partial charge in [-0.05, 0) is 43.9 Å². The number of hydrogen-bond donors (Lipinski definition) is 1. The molecule has 6 nitrogen and oxygen atoms in total. The maximum absolute atomic E-state index is 13.2. The fourth-order valence-corrected chi connectivity index (χ4v) is 6.13. The number of unbranched alkanes of at least 4 members (excludes halogenated alkanes) is 2. The Kier molecular flexibility index (Phi) is 10.4. The summed E-state index contributed by atoms with van der Waals surface area (Å²) in [5.41, 5.74) is 0.704. The third-order valence-corrected chi connectivity index (χ3v) is 8.22. The lowest BCUT2D eigenvalue weighted by molar-refractivity contribution is -0.120. The Bertz CT molecular complexity index is 927. The van der Waals surface area contributed by atoms with Crippen molar-refractivity contribution in [3.63, 3.8) is 0 Å². The fourth-order valence-electron chi connectivity index (χ4n) is 3.60. The highest BCUT2D eigenvalue weighted by Crippen LogP contribution is 2.30. The van der Waals surface area contributed by atoms with Crippen LogP contribution in [0.25, 0.3) is 10.2 Å². The molecule has 1 aromatic heterocycles. The molecule has 0 aliphatic carbocycles. The van der Waals surface area contributed by atoms with E-state index >= 15 is 0 Å². The van der Waals surface area contributed by atoms with Gasteiger partial charge in [0.05, 0.1) is 15.1 Å². The SMILES string of the molecule is CCCCN(CCCC)S(=O)(=O)c1ccc2nc(NC(=O)C(CCC)CCC)sc2c1. The molecule has 8 heteroatoms. The molecule has 0 spiro atoms. The van der Waals surface area contributed by atoms with Crippen LogP contribution >= 0.6 is 11.3 Å². The lowest BCUT2D eigenvalue weighted by Crippen LogP contribution is -2.33. The second-order valence-electron chi connectivity index (χ2n) is 8.02. The van der Waals surface area contributed by atoms with Gasteiger partial charge in [0.25, 0.3) is 0 Å². The van der Waals surface area contributed by atoms with Gasteiger partial charge in [0.2, 0.25) is 15.9 Å². The Morgan fingerprint density at radius 2 is 1.65 bits per heavy atom. The summed E-state index contributed by atoms with van der Waals surface area (Å²) in [6, 6.07) is 5.06. The molecule has 1 heterocycles. The summed E-state index contributed by atoms with van der Waals surface area (Å²) in [5, 5.41) is 3.47. The van der Waals surface area contributed by atoms with Crippen molar-refractivity contribution in [1.82, 2.24) is 9.29 Å². The van der Waals surface area contributed by atoms with E-state index in [-0.39, 0.29) is 11.8 Å². The predicted molar refractivity (Wildman–Crippen MR) is 130 cm³/mol. The van der Waals surface area contributed by atoms with Crippen LogP contribution in [0.15, 0.2) is 23.1 Å². The zero-order valence-electron chi connectivity index (χ0n) is 19.3. The molecule has 0 aliphatic heterocycles. The second kappa shape index (κ2) is 12.5. The normalized spacial score (nSPS) is 12.2. The smallest absolute Gasteiger partial charge is 0.243 e. The van der Waals surface area contributed by atoms with E-state index in [1.807, 2.05) is 0 Å². The maximum Gasteiger partial charge on any atom is 0.243 e. The van der Waals surface area contributed by atoms with Crippen molar-refractivity contribution in [3.8, 4) is 0 Å². The van der Waals surface area contributed by atoms with Gasteiger partial charge in [0.15, 0.2) is 5.13 Å². The molecule has 1 aromatic carbocycles. The van der Waals surface area contributed by atoms with Crippen molar-refractivity contribution in [2.24, 2.45) is 5.92 Å². The van der Waals surface area contributed by atoms with E-state index in [4.69, 9.17) is 0 Å². The molecule has 0 saturated carbocycles. The van der Waals surface area contributed by atoms with Gasteiger partial charge in [-0.2, -0.15) is 4.31 Å². The van der Waals surface area contributed by atoms with Gasteiger partial charge in [-0.3, -0.25) is 4.79 Å². The topological polar surface area (TPSA) is 79.4 Å². The van der Waals surface area contributed by atoms with E-state index in [0.29, 0.717) is 28.6 Å². The van der Waals surface area contributed by atoms with Gasteiger partial charge in [0, 0.05) is 19.0 Å². The van der Waals surface area contributed by atoms with Crippen molar-refractivity contribution in [2.45, 2.75) is 84.0 Å². The van der Waals surface area contributed by atoms with Gasteiger partial charge >= 0.3 is 0 Å². The Hall–Kier alpha value is -1.51. The van der Waals surface area contributed by atoms with Crippen LogP contribution in [0.1, 0.15) is 79.1 Å². The Morgan fingerprint density at radius 1 is 1.03 bits per heavy atom. The molecule has 0 aliphatic rings. The first kappa shape index (κ1) is 25.7. The monoisotopic (exact) mass is 467 g/mol. The third-order valence-electron chi connectivity index (χ3n) is 5.40. The molecule has 1 N–H and O–H groups in total. The molecule has 0 bridgehead atoms. The number of amides is 1. The highest BCUT2D eigenvalue weighted by Gasteiger charge is 2.24. The molecule has 174 valence electrons. The van der Waals surface area contributed by atoms with E-state index in [9.17, 15) is 13.2 Å². The minimum Gasteiger partial charge on any atom is -0.302 e. The Labute approximate surface area is 191 Å².